The van der Waals surface area contributed by atoms with Gasteiger partial charge in [-0.05, 0) is 42.0 Å². The summed E-state index contributed by atoms with van der Waals surface area (Å²) in [4.78, 5) is 21.2. The van der Waals surface area contributed by atoms with Crippen LogP contribution < -0.4 is 5.73 Å². The second-order valence-electron chi connectivity index (χ2n) is 6.54. The number of nitrogens with zero attached hydrogens (tertiary/aromatic N) is 2. The van der Waals surface area contributed by atoms with Gasteiger partial charge in [-0.3, -0.25) is 9.78 Å². The number of benzene rings is 1. The Hall–Kier alpha value is -3.17. The first kappa shape index (κ1) is 23.5. The summed E-state index contributed by atoms with van der Waals surface area (Å²) < 4.78 is 43.9. The molecule has 5 nitrogen and oxygen atoms in total. The van der Waals surface area contributed by atoms with Gasteiger partial charge in [0.1, 0.15) is 5.70 Å². The van der Waals surface area contributed by atoms with Gasteiger partial charge in [-0.2, -0.15) is 13.2 Å². The highest BCUT2D eigenvalue weighted by molar-refractivity contribution is 7.17. The van der Waals surface area contributed by atoms with Gasteiger partial charge in [0.25, 0.3) is 0 Å². The standard InChI is InChI=1S/C22H17ClF3N3O2S/c1-31-21(30)9-13-8-14(12-28-11-13)18-6-7-19(32-18)17(10-20(27)22(24,25)26)29-16-5-3-2-4-15(16)23/h2-8,10-12H,9,27H2,1H3. The highest BCUT2D eigenvalue weighted by atomic mass is 35.5. The summed E-state index contributed by atoms with van der Waals surface area (Å²) in [5, 5.41) is 0.292. The molecule has 0 aliphatic rings. The number of rotatable bonds is 6. The second kappa shape index (κ2) is 9.97. The van der Waals surface area contributed by atoms with E-state index in [2.05, 4.69) is 14.7 Å². The Balaban J connectivity index is 2.02. The zero-order valence-electron chi connectivity index (χ0n) is 16.7. The molecule has 0 saturated carbocycles. The van der Waals surface area contributed by atoms with Crippen molar-refractivity contribution in [1.29, 1.82) is 0 Å². The smallest absolute Gasteiger partial charge is 0.430 e. The van der Waals surface area contributed by atoms with E-state index in [0.717, 1.165) is 11.0 Å². The average molecular weight is 480 g/mol. The third kappa shape index (κ3) is 5.95. The number of allylic oxidation sites excluding steroid dienone is 2. The molecule has 0 fully saturated rings. The van der Waals surface area contributed by atoms with Crippen molar-refractivity contribution in [2.45, 2.75) is 12.6 Å². The van der Waals surface area contributed by atoms with Gasteiger partial charge >= 0.3 is 12.1 Å². The van der Waals surface area contributed by atoms with Gasteiger partial charge in [0.2, 0.25) is 0 Å². The molecule has 0 aliphatic carbocycles. The molecule has 0 saturated heterocycles. The summed E-state index contributed by atoms with van der Waals surface area (Å²) in [6.07, 6.45) is -0.717. The largest absolute Gasteiger partial charge is 0.469 e. The number of hydrogen-bond donors (Lipinski definition) is 1. The van der Waals surface area contributed by atoms with E-state index in [1.54, 1.807) is 54.9 Å². The molecule has 166 valence electrons. The minimum absolute atomic E-state index is 0.0165. The lowest BCUT2D eigenvalue weighted by atomic mass is 10.1. The minimum Gasteiger partial charge on any atom is -0.469 e. The lowest BCUT2D eigenvalue weighted by Gasteiger charge is -2.08. The van der Waals surface area contributed by atoms with Gasteiger partial charge in [0, 0.05) is 22.8 Å². The third-order valence-corrected chi connectivity index (χ3v) is 5.70. The SMILES string of the molecule is COC(=O)Cc1cncc(-c2ccc(C(C=C(N)C(F)(F)F)=Nc3ccccc3Cl)s2)c1. The Labute approximate surface area is 191 Å². The van der Waals surface area contributed by atoms with Crippen LogP contribution in [0.4, 0.5) is 18.9 Å². The number of ether oxygens (including phenoxy) is 1. The minimum atomic E-state index is -4.70. The van der Waals surface area contributed by atoms with Crippen LogP contribution in [0.2, 0.25) is 5.02 Å². The van der Waals surface area contributed by atoms with E-state index in [1.807, 2.05) is 0 Å². The Kier molecular flexibility index (Phi) is 7.32. The van der Waals surface area contributed by atoms with Crippen molar-refractivity contribution < 1.29 is 22.7 Å². The molecule has 32 heavy (non-hydrogen) atoms. The van der Waals surface area contributed by atoms with Crippen LogP contribution in [0.15, 0.2) is 71.6 Å². The number of carbonyl (C=O) groups excluding carboxylic acids is 1. The third-order valence-electron chi connectivity index (χ3n) is 4.23. The highest BCUT2D eigenvalue weighted by Crippen LogP contribution is 2.32. The van der Waals surface area contributed by atoms with Gasteiger partial charge in [-0.25, -0.2) is 4.99 Å². The van der Waals surface area contributed by atoms with Gasteiger partial charge in [0.05, 0.1) is 34.8 Å². The molecule has 0 atom stereocenters. The van der Waals surface area contributed by atoms with E-state index in [9.17, 15) is 18.0 Å². The number of hydrogen-bond acceptors (Lipinski definition) is 6. The summed E-state index contributed by atoms with van der Waals surface area (Å²) in [6, 6.07) is 11.7. The van der Waals surface area contributed by atoms with Gasteiger partial charge in [0.15, 0.2) is 0 Å². The van der Waals surface area contributed by atoms with Crippen molar-refractivity contribution in [2.75, 3.05) is 7.11 Å². The number of alkyl halides is 3. The van der Waals surface area contributed by atoms with Gasteiger partial charge in [-0.1, -0.05) is 23.7 Å². The number of methoxy groups -OCH3 is 1. The number of pyridine rings is 1. The lowest BCUT2D eigenvalue weighted by molar-refractivity contribution is -0.139. The zero-order chi connectivity index (χ0) is 23.3. The average Bonchev–Trinajstić information content (AvgIpc) is 3.24. The number of halogens is 4. The molecular weight excluding hydrogens is 463 g/mol. The Morgan fingerprint density at radius 3 is 2.69 bits per heavy atom. The van der Waals surface area contributed by atoms with Crippen LogP contribution in [0.5, 0.6) is 0 Å². The number of carbonyl (C=O) groups is 1. The quantitative estimate of drug-likeness (QED) is 0.363. The van der Waals surface area contributed by atoms with Crippen LogP contribution in [-0.2, 0) is 16.0 Å². The predicted octanol–water partition coefficient (Wildman–Crippen LogP) is 5.70. The Morgan fingerprint density at radius 1 is 1.25 bits per heavy atom. The molecule has 0 amide bonds. The molecule has 3 aromatic rings. The zero-order valence-corrected chi connectivity index (χ0v) is 18.3. The predicted molar refractivity (Wildman–Crippen MR) is 119 cm³/mol. The maximum absolute atomic E-state index is 13.1. The summed E-state index contributed by atoms with van der Waals surface area (Å²) in [6.45, 7) is 0. The van der Waals surface area contributed by atoms with Crippen LogP contribution >= 0.6 is 22.9 Å². The monoisotopic (exact) mass is 479 g/mol. The van der Waals surface area contributed by atoms with E-state index in [1.165, 1.54) is 18.4 Å². The van der Waals surface area contributed by atoms with E-state index in [4.69, 9.17) is 17.3 Å². The molecule has 2 heterocycles. The van der Waals surface area contributed by atoms with Crippen molar-refractivity contribution in [1.82, 2.24) is 4.98 Å². The van der Waals surface area contributed by atoms with Crippen LogP contribution in [-0.4, -0.2) is 30.0 Å². The molecule has 2 N–H and O–H groups in total. The normalized spacial score (nSPS) is 12.7. The second-order valence-corrected chi connectivity index (χ2v) is 8.04. The van der Waals surface area contributed by atoms with Gasteiger partial charge in [-0.15, -0.1) is 11.3 Å². The first-order valence-electron chi connectivity index (χ1n) is 9.16. The van der Waals surface area contributed by atoms with Crippen LogP contribution in [0.1, 0.15) is 10.4 Å². The fraction of sp³-hybridized carbons (Fsp3) is 0.136. The fourth-order valence-corrected chi connectivity index (χ4v) is 3.77. The molecule has 0 unspecified atom stereocenters. The first-order valence-corrected chi connectivity index (χ1v) is 10.4. The Bertz CT molecular complexity index is 1190. The number of esters is 1. The summed E-state index contributed by atoms with van der Waals surface area (Å²) >= 11 is 7.34. The van der Waals surface area contributed by atoms with E-state index >= 15 is 0 Å². The number of aliphatic imine (C=N–C) groups is 1. The molecular formula is C22H17ClF3N3O2S. The van der Waals surface area contributed by atoms with Crippen molar-refractivity contribution in [3.8, 4) is 10.4 Å². The van der Waals surface area contributed by atoms with Crippen molar-refractivity contribution in [2.24, 2.45) is 10.7 Å². The first-order chi connectivity index (χ1) is 15.2. The summed E-state index contributed by atoms with van der Waals surface area (Å²) in [5.41, 5.74) is 5.65. The van der Waals surface area contributed by atoms with Crippen LogP contribution in [0.25, 0.3) is 10.4 Å². The summed E-state index contributed by atoms with van der Waals surface area (Å²) in [7, 11) is 1.30. The lowest BCUT2D eigenvalue weighted by Crippen LogP contribution is -2.20. The van der Waals surface area contributed by atoms with Crippen molar-refractivity contribution in [3.05, 3.63) is 82.1 Å². The van der Waals surface area contributed by atoms with Crippen LogP contribution in [0, 0.1) is 0 Å². The summed E-state index contributed by atoms with van der Waals surface area (Å²) in [5.74, 6) is -0.405. The number of aromatic nitrogens is 1. The Morgan fingerprint density at radius 2 is 2.00 bits per heavy atom. The molecule has 0 bridgehead atoms. The number of para-hydroxylation sites is 1. The molecule has 0 aliphatic heterocycles. The topological polar surface area (TPSA) is 77.6 Å². The van der Waals surface area contributed by atoms with E-state index in [-0.39, 0.29) is 12.1 Å². The number of thiophene rings is 1. The molecule has 2 aromatic heterocycles. The van der Waals surface area contributed by atoms with Crippen molar-refractivity contribution >= 4 is 40.3 Å². The van der Waals surface area contributed by atoms with E-state index < -0.39 is 17.8 Å². The molecule has 0 spiro atoms. The number of nitrogens with two attached hydrogens (primary N) is 1. The van der Waals surface area contributed by atoms with Crippen LogP contribution in [0.3, 0.4) is 0 Å². The molecule has 10 heteroatoms. The van der Waals surface area contributed by atoms with Gasteiger partial charge < -0.3 is 10.5 Å². The molecule has 0 radical (unpaired) electrons. The highest BCUT2D eigenvalue weighted by Gasteiger charge is 2.32. The maximum Gasteiger partial charge on any atom is 0.430 e. The van der Waals surface area contributed by atoms with Crippen molar-refractivity contribution in [3.63, 3.8) is 0 Å². The molecule has 1 aromatic carbocycles. The molecule has 3 rings (SSSR count). The maximum atomic E-state index is 13.1. The fourth-order valence-electron chi connectivity index (χ4n) is 2.65. The van der Waals surface area contributed by atoms with E-state index in [0.29, 0.717) is 26.7 Å².